The van der Waals surface area contributed by atoms with Gasteiger partial charge in [-0.2, -0.15) is 0 Å². The van der Waals surface area contributed by atoms with E-state index in [9.17, 15) is 9.90 Å². The first-order chi connectivity index (χ1) is 13.6. The lowest BCUT2D eigenvalue weighted by Crippen LogP contribution is -2.39. The van der Waals surface area contributed by atoms with Crippen LogP contribution in [-0.4, -0.2) is 42.8 Å². The van der Waals surface area contributed by atoms with Crippen molar-refractivity contribution in [2.24, 2.45) is 5.92 Å². The van der Waals surface area contributed by atoms with Gasteiger partial charge in [-0.25, -0.2) is 4.79 Å². The summed E-state index contributed by atoms with van der Waals surface area (Å²) in [6, 6.07) is 17.0. The smallest absolute Gasteiger partial charge is 0.405 e. The highest BCUT2D eigenvalue weighted by Crippen LogP contribution is 2.36. The topological polar surface area (TPSA) is 55.8 Å². The van der Waals surface area contributed by atoms with Crippen molar-refractivity contribution in [1.82, 2.24) is 10.2 Å². The van der Waals surface area contributed by atoms with Crippen LogP contribution in [0.3, 0.4) is 0 Å². The maximum absolute atomic E-state index is 11.4. The number of benzene rings is 2. The van der Waals surface area contributed by atoms with E-state index >= 15 is 0 Å². The summed E-state index contributed by atoms with van der Waals surface area (Å²) < 4.78 is 0. The highest BCUT2D eigenvalue weighted by molar-refractivity contribution is 5.66. The zero-order chi connectivity index (χ0) is 19.5. The molecular formula is C23H29N3O2. The summed E-state index contributed by atoms with van der Waals surface area (Å²) in [5, 5.41) is 12.2. The number of rotatable bonds is 5. The Morgan fingerprint density at radius 2 is 1.89 bits per heavy atom. The Bertz CT molecular complexity index is 816. The Morgan fingerprint density at radius 1 is 1.14 bits per heavy atom. The number of nitrogens with zero attached hydrogens (tertiary/aromatic N) is 2. The third-order valence-corrected chi connectivity index (χ3v) is 6.18. The van der Waals surface area contributed by atoms with E-state index in [0.717, 1.165) is 51.0 Å². The average Bonchev–Trinajstić information content (AvgIpc) is 3.09. The second-order valence-electron chi connectivity index (χ2n) is 8.11. The van der Waals surface area contributed by atoms with E-state index in [0.29, 0.717) is 5.92 Å². The molecule has 28 heavy (non-hydrogen) atoms. The number of piperidine rings is 1. The maximum Gasteiger partial charge on any atom is 0.405 e. The Balaban J connectivity index is 1.54. The summed E-state index contributed by atoms with van der Waals surface area (Å²) >= 11 is 0. The molecule has 1 atom stereocenters. The largest absolute Gasteiger partial charge is 0.465 e. The Morgan fingerprint density at radius 3 is 2.61 bits per heavy atom. The predicted octanol–water partition coefficient (Wildman–Crippen LogP) is 3.90. The van der Waals surface area contributed by atoms with Crippen molar-refractivity contribution in [3.8, 4) is 0 Å². The molecule has 1 unspecified atom stereocenters. The van der Waals surface area contributed by atoms with Gasteiger partial charge in [0.05, 0.1) is 6.04 Å². The summed E-state index contributed by atoms with van der Waals surface area (Å²) in [5.74, 6) is 0.354. The summed E-state index contributed by atoms with van der Waals surface area (Å²) in [7, 11) is 2.13. The minimum atomic E-state index is -0.935. The molecule has 2 N–H and O–H groups in total. The van der Waals surface area contributed by atoms with E-state index in [4.69, 9.17) is 0 Å². The predicted molar refractivity (Wildman–Crippen MR) is 112 cm³/mol. The van der Waals surface area contributed by atoms with Gasteiger partial charge >= 0.3 is 6.09 Å². The standard InChI is InChI=1S/C23H29N3O2/c1-25-12-9-18(10-13-25)22(24-23(27)28)20-7-8-21-19(15-20)11-14-26(21)16-17-5-3-2-4-6-17/h2-8,15,18,22,24H,9-14,16H2,1H3,(H,27,28). The number of nitrogens with one attached hydrogen (secondary N) is 1. The first-order valence-corrected chi connectivity index (χ1v) is 10.2. The molecule has 1 saturated heterocycles. The van der Waals surface area contributed by atoms with E-state index in [1.807, 2.05) is 6.07 Å². The fraction of sp³-hybridized carbons (Fsp3) is 0.435. The molecule has 1 amide bonds. The third kappa shape index (κ3) is 4.14. The number of carboxylic acid groups (broad SMARTS) is 1. The van der Waals surface area contributed by atoms with Crippen LogP contribution in [0, 0.1) is 5.92 Å². The number of likely N-dealkylation sites (tertiary alicyclic amines) is 1. The van der Waals surface area contributed by atoms with Gasteiger partial charge in [-0.1, -0.05) is 42.5 Å². The van der Waals surface area contributed by atoms with Crippen molar-refractivity contribution in [2.45, 2.75) is 31.8 Å². The molecular weight excluding hydrogens is 350 g/mol. The fourth-order valence-corrected chi connectivity index (χ4v) is 4.62. The molecule has 148 valence electrons. The molecule has 2 aliphatic rings. The molecule has 5 nitrogen and oxygen atoms in total. The number of hydrogen-bond acceptors (Lipinski definition) is 3. The van der Waals surface area contributed by atoms with Crippen LogP contribution in [0.5, 0.6) is 0 Å². The van der Waals surface area contributed by atoms with E-state index in [1.165, 1.54) is 16.8 Å². The number of fused-ring (bicyclic) bond motifs is 1. The van der Waals surface area contributed by atoms with Gasteiger partial charge in [0.15, 0.2) is 0 Å². The molecule has 2 heterocycles. The van der Waals surface area contributed by atoms with E-state index in [-0.39, 0.29) is 6.04 Å². The Hall–Kier alpha value is -2.53. The lowest BCUT2D eigenvalue weighted by molar-refractivity contribution is 0.161. The van der Waals surface area contributed by atoms with Gasteiger partial charge in [0.2, 0.25) is 0 Å². The summed E-state index contributed by atoms with van der Waals surface area (Å²) in [4.78, 5) is 16.2. The molecule has 2 aromatic rings. The molecule has 0 aromatic heterocycles. The van der Waals surface area contributed by atoms with Crippen molar-refractivity contribution >= 4 is 11.8 Å². The summed E-state index contributed by atoms with van der Waals surface area (Å²) in [6.45, 7) is 3.98. The van der Waals surface area contributed by atoms with Crippen LogP contribution in [0.1, 0.15) is 35.6 Å². The highest BCUT2D eigenvalue weighted by atomic mass is 16.4. The van der Waals surface area contributed by atoms with Crippen LogP contribution in [0.4, 0.5) is 10.5 Å². The van der Waals surface area contributed by atoms with Crippen molar-refractivity contribution in [2.75, 3.05) is 31.6 Å². The van der Waals surface area contributed by atoms with E-state index in [2.05, 4.69) is 64.6 Å². The van der Waals surface area contributed by atoms with E-state index in [1.54, 1.807) is 0 Å². The molecule has 1 fully saturated rings. The van der Waals surface area contributed by atoms with Crippen LogP contribution in [-0.2, 0) is 13.0 Å². The Kier molecular flexibility index (Phi) is 5.53. The molecule has 2 aliphatic heterocycles. The van der Waals surface area contributed by atoms with Crippen molar-refractivity contribution in [3.63, 3.8) is 0 Å². The number of amides is 1. The minimum Gasteiger partial charge on any atom is -0.465 e. The lowest BCUT2D eigenvalue weighted by atomic mass is 9.85. The SMILES string of the molecule is CN1CCC(C(NC(=O)O)c2ccc3c(c2)CCN3Cc2ccccc2)CC1. The number of carbonyl (C=O) groups is 1. The molecule has 4 rings (SSSR count). The summed E-state index contributed by atoms with van der Waals surface area (Å²) in [5.41, 5.74) is 5.04. The number of anilines is 1. The molecule has 2 aromatic carbocycles. The first-order valence-electron chi connectivity index (χ1n) is 10.2. The second kappa shape index (κ2) is 8.23. The normalized spacial score (nSPS) is 18.7. The first kappa shape index (κ1) is 18.8. The van der Waals surface area contributed by atoms with Gasteiger partial charge in [0, 0.05) is 18.8 Å². The van der Waals surface area contributed by atoms with Gasteiger partial charge in [-0.05, 0) is 68.1 Å². The van der Waals surface area contributed by atoms with Gasteiger partial charge < -0.3 is 20.2 Å². The molecule has 0 bridgehead atoms. The average molecular weight is 380 g/mol. The fourth-order valence-electron chi connectivity index (χ4n) is 4.62. The minimum absolute atomic E-state index is 0.125. The third-order valence-electron chi connectivity index (χ3n) is 6.18. The van der Waals surface area contributed by atoms with Crippen LogP contribution in [0.25, 0.3) is 0 Å². The molecule has 0 saturated carbocycles. The van der Waals surface area contributed by atoms with Crippen molar-refractivity contribution in [1.29, 1.82) is 0 Å². The van der Waals surface area contributed by atoms with Gasteiger partial charge in [0.1, 0.15) is 0 Å². The van der Waals surface area contributed by atoms with Crippen LogP contribution < -0.4 is 10.2 Å². The van der Waals surface area contributed by atoms with Gasteiger partial charge in [-0.3, -0.25) is 0 Å². The van der Waals surface area contributed by atoms with Crippen molar-refractivity contribution < 1.29 is 9.90 Å². The quantitative estimate of drug-likeness (QED) is 0.827. The molecule has 0 radical (unpaired) electrons. The van der Waals surface area contributed by atoms with Gasteiger partial charge in [-0.15, -0.1) is 0 Å². The number of hydrogen-bond donors (Lipinski definition) is 2. The lowest BCUT2D eigenvalue weighted by Gasteiger charge is -2.34. The second-order valence-corrected chi connectivity index (χ2v) is 8.11. The van der Waals surface area contributed by atoms with Crippen LogP contribution in [0.2, 0.25) is 0 Å². The summed E-state index contributed by atoms with van der Waals surface area (Å²) in [6.07, 6.45) is 2.13. The zero-order valence-corrected chi connectivity index (χ0v) is 16.5. The molecule has 0 aliphatic carbocycles. The molecule has 5 heteroatoms. The monoisotopic (exact) mass is 379 g/mol. The maximum atomic E-state index is 11.4. The molecule has 0 spiro atoms. The van der Waals surface area contributed by atoms with Crippen LogP contribution in [0.15, 0.2) is 48.5 Å². The van der Waals surface area contributed by atoms with Crippen LogP contribution >= 0.6 is 0 Å². The highest BCUT2D eigenvalue weighted by Gasteiger charge is 2.29. The van der Waals surface area contributed by atoms with E-state index < -0.39 is 6.09 Å². The van der Waals surface area contributed by atoms with Crippen molar-refractivity contribution in [3.05, 3.63) is 65.2 Å². The zero-order valence-electron chi connectivity index (χ0n) is 16.5. The Labute approximate surface area is 167 Å². The van der Waals surface area contributed by atoms with Gasteiger partial charge in [0.25, 0.3) is 0 Å².